The Hall–Kier alpha value is -1.17. The summed E-state index contributed by atoms with van der Waals surface area (Å²) in [4.78, 5) is 6.69. The molecule has 1 heterocycles. The van der Waals surface area contributed by atoms with Crippen LogP contribution in [0.15, 0.2) is 18.3 Å². The summed E-state index contributed by atoms with van der Waals surface area (Å²) < 4.78 is 10.2. The third kappa shape index (κ3) is 7.10. The number of nitrogens with zero attached hydrogens (tertiary/aromatic N) is 2. The summed E-state index contributed by atoms with van der Waals surface area (Å²) in [6.07, 6.45) is 3.67. The number of hydrogen-bond acceptors (Lipinski definition) is 5. The highest BCUT2D eigenvalue weighted by molar-refractivity contribution is 5.34. The lowest BCUT2D eigenvalue weighted by Crippen LogP contribution is -2.31. The molecule has 5 nitrogen and oxygen atoms in total. The molecule has 1 aromatic heterocycles. The first-order chi connectivity index (χ1) is 9.26. The van der Waals surface area contributed by atoms with Crippen LogP contribution < -0.4 is 5.73 Å². The van der Waals surface area contributed by atoms with Crippen LogP contribution in [0.4, 0.5) is 5.69 Å². The number of pyridine rings is 1. The Morgan fingerprint density at radius 1 is 1.11 bits per heavy atom. The Morgan fingerprint density at radius 2 is 1.89 bits per heavy atom. The van der Waals surface area contributed by atoms with E-state index in [4.69, 9.17) is 15.2 Å². The number of nitrogens with two attached hydrogens (primary N) is 1. The van der Waals surface area contributed by atoms with Crippen LogP contribution in [0.1, 0.15) is 12.1 Å². The van der Waals surface area contributed by atoms with Gasteiger partial charge in [-0.3, -0.25) is 4.98 Å². The Kier molecular flexibility index (Phi) is 8.13. The number of aromatic nitrogens is 1. The molecule has 0 saturated carbocycles. The number of anilines is 1. The molecule has 0 unspecified atom stereocenters. The van der Waals surface area contributed by atoms with Gasteiger partial charge < -0.3 is 20.1 Å². The normalized spacial score (nSPS) is 11.1. The molecule has 0 aliphatic carbocycles. The summed E-state index contributed by atoms with van der Waals surface area (Å²) in [6.45, 7) is 4.48. The smallest absolute Gasteiger partial charge is 0.0589 e. The van der Waals surface area contributed by atoms with Gasteiger partial charge in [-0.25, -0.2) is 0 Å². The van der Waals surface area contributed by atoms with Crippen molar-refractivity contribution < 1.29 is 9.47 Å². The highest BCUT2D eigenvalue weighted by Crippen LogP contribution is 2.03. The zero-order valence-corrected chi connectivity index (χ0v) is 12.0. The number of hydrogen-bond donors (Lipinski definition) is 1. The van der Waals surface area contributed by atoms with Crippen LogP contribution >= 0.6 is 0 Å². The van der Waals surface area contributed by atoms with E-state index in [-0.39, 0.29) is 0 Å². The van der Waals surface area contributed by atoms with Gasteiger partial charge in [0.1, 0.15) is 0 Å². The zero-order chi connectivity index (χ0) is 13.9. The summed E-state index contributed by atoms with van der Waals surface area (Å²) in [5.41, 5.74) is 7.41. The average molecular weight is 267 g/mol. The quantitative estimate of drug-likeness (QED) is 0.645. The lowest BCUT2D eigenvalue weighted by Gasteiger charge is -2.21. The average Bonchev–Trinajstić information content (AvgIpc) is 2.43. The van der Waals surface area contributed by atoms with Crippen molar-refractivity contribution in [3.8, 4) is 0 Å². The second-order valence-corrected chi connectivity index (χ2v) is 4.51. The molecule has 1 rings (SSSR count). The molecule has 5 heteroatoms. The van der Waals surface area contributed by atoms with E-state index in [1.807, 2.05) is 12.1 Å². The molecule has 0 aromatic carbocycles. The van der Waals surface area contributed by atoms with Gasteiger partial charge in [0, 0.05) is 52.6 Å². The van der Waals surface area contributed by atoms with Crippen molar-refractivity contribution in [1.82, 2.24) is 9.88 Å². The Labute approximate surface area is 115 Å². The van der Waals surface area contributed by atoms with E-state index in [9.17, 15) is 0 Å². The van der Waals surface area contributed by atoms with Crippen LogP contribution in [0.2, 0.25) is 0 Å². The summed E-state index contributed by atoms with van der Waals surface area (Å²) in [5, 5.41) is 0. The lowest BCUT2D eigenvalue weighted by atomic mass is 10.2. The highest BCUT2D eigenvalue weighted by atomic mass is 16.5. The van der Waals surface area contributed by atoms with Gasteiger partial charge >= 0.3 is 0 Å². The fourth-order valence-corrected chi connectivity index (χ4v) is 1.84. The highest BCUT2D eigenvalue weighted by Gasteiger charge is 2.05. The predicted molar refractivity (Wildman–Crippen MR) is 77.2 cm³/mol. The van der Waals surface area contributed by atoms with Gasteiger partial charge in [0.2, 0.25) is 0 Å². The number of methoxy groups -OCH3 is 2. The molecule has 2 N–H and O–H groups in total. The summed E-state index contributed by atoms with van der Waals surface area (Å²) >= 11 is 0. The molecular weight excluding hydrogens is 242 g/mol. The molecule has 0 saturated heterocycles. The number of nitrogen functional groups attached to an aromatic ring is 1. The van der Waals surface area contributed by atoms with Gasteiger partial charge in [-0.2, -0.15) is 0 Å². The van der Waals surface area contributed by atoms with E-state index in [1.54, 1.807) is 20.4 Å². The molecule has 0 spiro atoms. The van der Waals surface area contributed by atoms with Gasteiger partial charge in [-0.1, -0.05) is 0 Å². The van der Waals surface area contributed by atoms with Crippen LogP contribution in [-0.4, -0.2) is 57.0 Å². The van der Waals surface area contributed by atoms with Crippen molar-refractivity contribution in [3.63, 3.8) is 0 Å². The van der Waals surface area contributed by atoms with E-state index in [2.05, 4.69) is 9.88 Å². The first-order valence-corrected chi connectivity index (χ1v) is 6.67. The third-order valence-electron chi connectivity index (χ3n) is 2.97. The van der Waals surface area contributed by atoms with Gasteiger partial charge in [0.15, 0.2) is 0 Å². The summed E-state index contributed by atoms with van der Waals surface area (Å²) in [5.74, 6) is 0. The van der Waals surface area contributed by atoms with Gasteiger partial charge in [-0.05, 0) is 18.6 Å². The number of ether oxygens (including phenoxy) is 2. The summed E-state index contributed by atoms with van der Waals surface area (Å²) in [7, 11) is 3.46. The molecule has 19 heavy (non-hydrogen) atoms. The molecule has 1 aromatic rings. The van der Waals surface area contributed by atoms with Crippen LogP contribution in [0.25, 0.3) is 0 Å². The second kappa shape index (κ2) is 9.72. The van der Waals surface area contributed by atoms with E-state index in [0.29, 0.717) is 5.69 Å². The van der Waals surface area contributed by atoms with Gasteiger partial charge in [-0.15, -0.1) is 0 Å². The minimum absolute atomic E-state index is 0.708. The fraction of sp³-hybridized carbons (Fsp3) is 0.643. The Balaban J connectivity index is 2.35. The van der Waals surface area contributed by atoms with Gasteiger partial charge in [0.05, 0.1) is 18.5 Å². The van der Waals surface area contributed by atoms with E-state index >= 15 is 0 Å². The molecule has 108 valence electrons. The van der Waals surface area contributed by atoms with E-state index in [1.165, 1.54) is 0 Å². The third-order valence-corrected chi connectivity index (χ3v) is 2.97. The van der Waals surface area contributed by atoms with Crippen molar-refractivity contribution in [2.24, 2.45) is 0 Å². The second-order valence-electron chi connectivity index (χ2n) is 4.51. The maximum absolute atomic E-state index is 5.63. The molecule has 0 aliphatic heterocycles. The number of rotatable bonds is 10. The predicted octanol–water partition coefficient (Wildman–Crippen LogP) is 1.19. The first kappa shape index (κ1) is 15.9. The molecule has 0 aliphatic rings. The van der Waals surface area contributed by atoms with Crippen LogP contribution in [0.5, 0.6) is 0 Å². The van der Waals surface area contributed by atoms with E-state index in [0.717, 1.165) is 51.4 Å². The van der Waals surface area contributed by atoms with Crippen molar-refractivity contribution in [2.45, 2.75) is 12.8 Å². The van der Waals surface area contributed by atoms with Crippen molar-refractivity contribution in [2.75, 3.05) is 52.8 Å². The molecular formula is C14H25N3O2. The van der Waals surface area contributed by atoms with E-state index < -0.39 is 0 Å². The standard InChI is InChI=1S/C14H25N3O2/c1-18-10-3-7-17(9-11-19-2)8-6-14-5-4-13(15)12-16-14/h4-5,12H,3,6-11,15H2,1-2H3. The molecule has 0 bridgehead atoms. The summed E-state index contributed by atoms with van der Waals surface area (Å²) in [6, 6.07) is 3.88. The monoisotopic (exact) mass is 267 g/mol. The van der Waals surface area contributed by atoms with Crippen molar-refractivity contribution in [3.05, 3.63) is 24.0 Å². The Morgan fingerprint density at radius 3 is 2.53 bits per heavy atom. The Bertz CT molecular complexity index is 330. The fourth-order valence-electron chi connectivity index (χ4n) is 1.84. The van der Waals surface area contributed by atoms with Crippen LogP contribution in [-0.2, 0) is 15.9 Å². The zero-order valence-electron chi connectivity index (χ0n) is 12.0. The molecule has 0 atom stereocenters. The minimum Gasteiger partial charge on any atom is -0.397 e. The minimum atomic E-state index is 0.708. The molecule has 0 amide bonds. The first-order valence-electron chi connectivity index (χ1n) is 6.67. The topological polar surface area (TPSA) is 60.6 Å². The van der Waals surface area contributed by atoms with Crippen molar-refractivity contribution in [1.29, 1.82) is 0 Å². The van der Waals surface area contributed by atoms with Gasteiger partial charge in [0.25, 0.3) is 0 Å². The largest absolute Gasteiger partial charge is 0.397 e. The van der Waals surface area contributed by atoms with Crippen LogP contribution in [0.3, 0.4) is 0 Å². The lowest BCUT2D eigenvalue weighted by molar-refractivity contribution is 0.133. The van der Waals surface area contributed by atoms with Crippen molar-refractivity contribution >= 4 is 5.69 Å². The van der Waals surface area contributed by atoms with Crippen LogP contribution in [0, 0.1) is 0 Å². The SMILES string of the molecule is COCCCN(CCOC)CCc1ccc(N)cn1. The molecule has 0 fully saturated rings. The maximum Gasteiger partial charge on any atom is 0.0589 e. The molecule has 0 radical (unpaired) electrons. The maximum atomic E-state index is 5.63.